The summed E-state index contributed by atoms with van der Waals surface area (Å²) in [6, 6.07) is 8.00. The van der Waals surface area contributed by atoms with Crippen LogP contribution in [0.25, 0.3) is 0 Å². The Morgan fingerprint density at radius 1 is 1.36 bits per heavy atom. The quantitative estimate of drug-likeness (QED) is 0.666. The van der Waals surface area contributed by atoms with Gasteiger partial charge in [0.05, 0.1) is 6.04 Å². The van der Waals surface area contributed by atoms with Gasteiger partial charge in [-0.2, -0.15) is 0 Å². The zero-order chi connectivity index (χ0) is 9.97. The van der Waals surface area contributed by atoms with Crippen LogP contribution in [-0.2, 0) is 17.6 Å². The first-order valence-corrected chi connectivity index (χ1v) is 4.87. The molecule has 0 saturated heterocycles. The van der Waals surface area contributed by atoms with E-state index in [1.165, 1.54) is 11.1 Å². The SMILES string of the molecule is NC(=O)C1Cc2ccccc2CCN1. The molecule has 1 aromatic rings. The number of nitrogens with one attached hydrogen (secondary N) is 1. The summed E-state index contributed by atoms with van der Waals surface area (Å²) in [5, 5.41) is 3.15. The first kappa shape index (κ1) is 9.21. The highest BCUT2D eigenvalue weighted by molar-refractivity contribution is 5.80. The van der Waals surface area contributed by atoms with E-state index in [4.69, 9.17) is 5.73 Å². The van der Waals surface area contributed by atoms with E-state index in [2.05, 4.69) is 17.4 Å². The maximum Gasteiger partial charge on any atom is 0.234 e. The lowest BCUT2D eigenvalue weighted by Gasteiger charge is -2.11. The summed E-state index contributed by atoms with van der Waals surface area (Å²) in [5.74, 6) is -0.262. The molecule has 0 aliphatic carbocycles. The smallest absolute Gasteiger partial charge is 0.234 e. The van der Waals surface area contributed by atoms with Gasteiger partial charge in [0.15, 0.2) is 0 Å². The van der Waals surface area contributed by atoms with Crippen molar-refractivity contribution < 1.29 is 4.79 Å². The second-order valence-corrected chi connectivity index (χ2v) is 3.63. The van der Waals surface area contributed by atoms with Gasteiger partial charge in [-0.05, 0) is 30.5 Å². The number of fused-ring (bicyclic) bond motifs is 1. The second kappa shape index (κ2) is 3.80. The number of amides is 1. The van der Waals surface area contributed by atoms with Crippen molar-refractivity contribution in [1.82, 2.24) is 5.32 Å². The van der Waals surface area contributed by atoms with Crippen LogP contribution >= 0.6 is 0 Å². The van der Waals surface area contributed by atoms with Crippen molar-refractivity contribution in [2.24, 2.45) is 5.73 Å². The lowest BCUT2D eigenvalue weighted by molar-refractivity contribution is -0.119. The van der Waals surface area contributed by atoms with Crippen molar-refractivity contribution in [2.45, 2.75) is 18.9 Å². The molecule has 0 radical (unpaired) electrons. The van der Waals surface area contributed by atoms with Crippen LogP contribution in [0.15, 0.2) is 24.3 Å². The third-order valence-corrected chi connectivity index (χ3v) is 2.67. The number of carbonyl (C=O) groups is 1. The van der Waals surface area contributed by atoms with Gasteiger partial charge in [-0.1, -0.05) is 24.3 Å². The van der Waals surface area contributed by atoms with Crippen molar-refractivity contribution >= 4 is 5.91 Å². The van der Waals surface area contributed by atoms with Crippen LogP contribution < -0.4 is 11.1 Å². The molecule has 74 valence electrons. The molecule has 3 nitrogen and oxygen atoms in total. The molecule has 0 saturated carbocycles. The van der Waals surface area contributed by atoms with Gasteiger partial charge in [0.2, 0.25) is 5.91 Å². The summed E-state index contributed by atoms with van der Waals surface area (Å²) in [7, 11) is 0. The summed E-state index contributed by atoms with van der Waals surface area (Å²) < 4.78 is 0. The monoisotopic (exact) mass is 190 g/mol. The van der Waals surface area contributed by atoms with Crippen LogP contribution in [0.4, 0.5) is 0 Å². The maximum absolute atomic E-state index is 11.1. The van der Waals surface area contributed by atoms with Gasteiger partial charge < -0.3 is 11.1 Å². The highest BCUT2D eigenvalue weighted by atomic mass is 16.1. The lowest BCUT2D eigenvalue weighted by atomic mass is 10.0. The summed E-state index contributed by atoms with van der Waals surface area (Å²) in [4.78, 5) is 11.1. The largest absolute Gasteiger partial charge is 0.368 e. The molecule has 3 heteroatoms. The molecule has 0 bridgehead atoms. The number of nitrogens with two attached hydrogens (primary N) is 1. The van der Waals surface area contributed by atoms with Gasteiger partial charge in [-0.15, -0.1) is 0 Å². The normalized spacial score (nSPS) is 21.0. The Morgan fingerprint density at radius 3 is 2.79 bits per heavy atom. The highest BCUT2D eigenvalue weighted by Crippen LogP contribution is 2.14. The summed E-state index contributed by atoms with van der Waals surface area (Å²) in [6.07, 6.45) is 1.69. The van der Waals surface area contributed by atoms with Gasteiger partial charge in [0.1, 0.15) is 0 Å². The van der Waals surface area contributed by atoms with E-state index in [1.54, 1.807) is 0 Å². The van der Waals surface area contributed by atoms with Gasteiger partial charge >= 0.3 is 0 Å². The molecule has 0 aromatic heterocycles. The first-order valence-electron chi connectivity index (χ1n) is 4.87. The van der Waals surface area contributed by atoms with E-state index in [-0.39, 0.29) is 11.9 Å². The van der Waals surface area contributed by atoms with Crippen molar-refractivity contribution in [2.75, 3.05) is 6.54 Å². The first-order chi connectivity index (χ1) is 6.77. The number of hydrogen-bond donors (Lipinski definition) is 2. The zero-order valence-electron chi connectivity index (χ0n) is 7.99. The Kier molecular flexibility index (Phi) is 2.50. The predicted octanol–water partition coefficient (Wildman–Crippen LogP) is 0.229. The number of benzene rings is 1. The minimum absolute atomic E-state index is 0.210. The molecule has 0 spiro atoms. The van der Waals surface area contributed by atoms with Crippen molar-refractivity contribution in [3.05, 3.63) is 35.4 Å². The Balaban J connectivity index is 2.26. The molecule has 3 N–H and O–H groups in total. The third-order valence-electron chi connectivity index (χ3n) is 2.67. The van der Waals surface area contributed by atoms with Crippen LogP contribution in [0.1, 0.15) is 11.1 Å². The van der Waals surface area contributed by atoms with Gasteiger partial charge in [-0.3, -0.25) is 4.79 Å². The Labute approximate surface area is 83.3 Å². The molecule has 0 fully saturated rings. The molecule has 2 rings (SSSR count). The molecule has 1 amide bonds. The zero-order valence-corrected chi connectivity index (χ0v) is 7.99. The van der Waals surface area contributed by atoms with Crippen LogP contribution in [-0.4, -0.2) is 18.5 Å². The number of rotatable bonds is 1. The standard InChI is InChI=1S/C11H14N2O/c12-11(14)10-7-9-4-2-1-3-8(9)5-6-13-10/h1-4,10,13H,5-7H2,(H2,12,14). The molecule has 1 aliphatic rings. The van der Waals surface area contributed by atoms with Gasteiger partial charge in [0, 0.05) is 0 Å². The Bertz CT molecular complexity index is 349. The molecule has 14 heavy (non-hydrogen) atoms. The fourth-order valence-electron chi connectivity index (χ4n) is 1.87. The molecule has 1 heterocycles. The van der Waals surface area contributed by atoms with E-state index in [9.17, 15) is 4.79 Å². The molecular formula is C11H14N2O. The summed E-state index contributed by atoms with van der Waals surface area (Å²) >= 11 is 0. The summed E-state index contributed by atoms with van der Waals surface area (Å²) in [6.45, 7) is 0.824. The highest BCUT2D eigenvalue weighted by Gasteiger charge is 2.19. The van der Waals surface area contributed by atoms with E-state index in [1.807, 2.05) is 12.1 Å². The minimum Gasteiger partial charge on any atom is -0.368 e. The number of hydrogen-bond acceptors (Lipinski definition) is 2. The van der Waals surface area contributed by atoms with Crippen LogP contribution in [0, 0.1) is 0 Å². The third kappa shape index (κ3) is 1.77. The van der Waals surface area contributed by atoms with E-state index >= 15 is 0 Å². The second-order valence-electron chi connectivity index (χ2n) is 3.63. The molecule has 1 unspecified atom stereocenters. The van der Waals surface area contributed by atoms with Crippen LogP contribution in [0.3, 0.4) is 0 Å². The van der Waals surface area contributed by atoms with Gasteiger partial charge in [0.25, 0.3) is 0 Å². The molecule has 1 aliphatic heterocycles. The van der Waals surface area contributed by atoms with Crippen LogP contribution in [0.2, 0.25) is 0 Å². The molecular weight excluding hydrogens is 176 g/mol. The number of primary amides is 1. The number of carbonyl (C=O) groups excluding carboxylic acids is 1. The van der Waals surface area contributed by atoms with Crippen molar-refractivity contribution in [1.29, 1.82) is 0 Å². The average molecular weight is 190 g/mol. The Morgan fingerprint density at radius 2 is 2.07 bits per heavy atom. The fraction of sp³-hybridized carbons (Fsp3) is 0.364. The molecule has 1 aromatic carbocycles. The summed E-state index contributed by atoms with van der Waals surface area (Å²) in [5.41, 5.74) is 7.85. The lowest BCUT2D eigenvalue weighted by Crippen LogP contribution is -2.42. The van der Waals surface area contributed by atoms with E-state index < -0.39 is 0 Å². The van der Waals surface area contributed by atoms with E-state index in [0.29, 0.717) is 6.42 Å². The topological polar surface area (TPSA) is 55.1 Å². The van der Waals surface area contributed by atoms with Crippen LogP contribution in [0.5, 0.6) is 0 Å². The minimum atomic E-state index is -0.262. The van der Waals surface area contributed by atoms with Crippen molar-refractivity contribution in [3.8, 4) is 0 Å². The predicted molar refractivity (Wildman–Crippen MR) is 54.8 cm³/mol. The average Bonchev–Trinajstić information content (AvgIpc) is 2.39. The maximum atomic E-state index is 11.1. The fourth-order valence-corrected chi connectivity index (χ4v) is 1.87. The van der Waals surface area contributed by atoms with Gasteiger partial charge in [-0.25, -0.2) is 0 Å². The van der Waals surface area contributed by atoms with E-state index in [0.717, 1.165) is 13.0 Å². The Hall–Kier alpha value is -1.35. The van der Waals surface area contributed by atoms with Crippen molar-refractivity contribution in [3.63, 3.8) is 0 Å². The molecule has 1 atom stereocenters.